The topological polar surface area (TPSA) is 94.3 Å². The molecule has 0 spiro atoms. The van der Waals surface area contributed by atoms with Gasteiger partial charge >= 0.3 is 0 Å². The minimum Gasteiger partial charge on any atom is -0.376 e. The van der Waals surface area contributed by atoms with Gasteiger partial charge in [0.2, 0.25) is 5.95 Å². The Balaban J connectivity index is 1.91. The summed E-state index contributed by atoms with van der Waals surface area (Å²) < 4.78 is 10.9. The van der Waals surface area contributed by atoms with Gasteiger partial charge in [-0.05, 0) is 6.92 Å². The van der Waals surface area contributed by atoms with Gasteiger partial charge in [-0.15, -0.1) is 0 Å². The number of nitrogens with zero attached hydrogens (tertiary/aromatic N) is 2. The molecule has 7 nitrogen and oxygen atoms in total. The van der Waals surface area contributed by atoms with E-state index in [1.807, 2.05) is 13.0 Å². The van der Waals surface area contributed by atoms with Crippen molar-refractivity contribution in [2.24, 2.45) is 0 Å². The van der Waals surface area contributed by atoms with Crippen LogP contribution in [0.15, 0.2) is 6.07 Å². The molecule has 18 heavy (non-hydrogen) atoms. The van der Waals surface area contributed by atoms with E-state index >= 15 is 0 Å². The fraction of sp³-hybridized carbons (Fsp3) is 0.636. The molecule has 0 bridgehead atoms. The maximum atomic E-state index is 5.64. The molecule has 2 heterocycles. The van der Waals surface area contributed by atoms with Gasteiger partial charge in [0.1, 0.15) is 11.6 Å². The predicted octanol–water partition coefficient (Wildman–Crippen LogP) is 0.318. The van der Waals surface area contributed by atoms with Crippen molar-refractivity contribution in [2.75, 3.05) is 49.3 Å². The Bertz CT molecular complexity index is 382. The van der Waals surface area contributed by atoms with Gasteiger partial charge in [-0.2, -0.15) is 9.97 Å². The second kappa shape index (κ2) is 6.36. The molecule has 0 saturated carbocycles. The van der Waals surface area contributed by atoms with E-state index < -0.39 is 0 Å². The summed E-state index contributed by atoms with van der Waals surface area (Å²) in [5, 5.41) is 6.28. The van der Waals surface area contributed by atoms with E-state index in [1.54, 1.807) is 0 Å². The Kier molecular flexibility index (Phi) is 4.54. The Morgan fingerprint density at radius 3 is 2.78 bits per heavy atom. The van der Waals surface area contributed by atoms with Crippen molar-refractivity contribution >= 4 is 17.6 Å². The highest BCUT2D eigenvalue weighted by atomic mass is 16.6. The van der Waals surface area contributed by atoms with Gasteiger partial charge in [-0.1, -0.05) is 0 Å². The average Bonchev–Trinajstić information content (AvgIpc) is 2.37. The molecule has 1 aliphatic heterocycles. The quantitative estimate of drug-likeness (QED) is 0.695. The van der Waals surface area contributed by atoms with Crippen LogP contribution in [-0.2, 0) is 9.47 Å². The molecule has 2 rings (SSSR count). The van der Waals surface area contributed by atoms with E-state index in [9.17, 15) is 0 Å². The van der Waals surface area contributed by atoms with Gasteiger partial charge in [0, 0.05) is 19.2 Å². The molecule has 1 aromatic heterocycles. The van der Waals surface area contributed by atoms with Crippen molar-refractivity contribution in [3.63, 3.8) is 0 Å². The standard InChI is InChI=1S/C11H19N5O2/c1-2-13-9-5-10(16-11(12)15-9)14-6-8-7-17-3-4-18-8/h5,8H,2-4,6-7H2,1H3,(H4,12,13,14,15,16). The molecule has 0 aromatic carbocycles. The van der Waals surface area contributed by atoms with Crippen LogP contribution in [0, 0.1) is 0 Å². The first kappa shape index (κ1) is 12.8. The highest BCUT2D eigenvalue weighted by Gasteiger charge is 2.14. The molecule has 1 unspecified atom stereocenters. The highest BCUT2D eigenvalue weighted by molar-refractivity contribution is 5.50. The number of aromatic nitrogens is 2. The summed E-state index contributed by atoms with van der Waals surface area (Å²) in [6.07, 6.45) is 0.0533. The number of ether oxygens (including phenoxy) is 2. The number of nitrogen functional groups attached to an aromatic ring is 1. The van der Waals surface area contributed by atoms with Crippen molar-refractivity contribution < 1.29 is 9.47 Å². The Morgan fingerprint density at radius 2 is 2.11 bits per heavy atom. The largest absolute Gasteiger partial charge is 0.376 e. The first-order valence-electron chi connectivity index (χ1n) is 6.09. The average molecular weight is 253 g/mol. The third-order valence-corrected chi connectivity index (χ3v) is 2.50. The van der Waals surface area contributed by atoms with E-state index in [4.69, 9.17) is 15.2 Å². The third-order valence-electron chi connectivity index (χ3n) is 2.50. The van der Waals surface area contributed by atoms with E-state index in [0.717, 1.165) is 6.54 Å². The van der Waals surface area contributed by atoms with Crippen LogP contribution in [0.3, 0.4) is 0 Å². The van der Waals surface area contributed by atoms with E-state index in [-0.39, 0.29) is 12.1 Å². The molecule has 0 aliphatic carbocycles. The van der Waals surface area contributed by atoms with Crippen molar-refractivity contribution in [2.45, 2.75) is 13.0 Å². The molecular formula is C11H19N5O2. The summed E-state index contributed by atoms with van der Waals surface area (Å²) >= 11 is 0. The first-order valence-corrected chi connectivity index (χ1v) is 6.09. The Labute approximate surface area is 106 Å². The number of rotatable bonds is 5. The lowest BCUT2D eigenvalue weighted by atomic mass is 10.3. The normalized spacial score (nSPS) is 19.5. The number of hydrogen-bond acceptors (Lipinski definition) is 7. The van der Waals surface area contributed by atoms with Crippen molar-refractivity contribution in [3.8, 4) is 0 Å². The van der Waals surface area contributed by atoms with Crippen LogP contribution in [-0.4, -0.2) is 49.0 Å². The molecule has 7 heteroatoms. The lowest BCUT2D eigenvalue weighted by Crippen LogP contribution is -2.34. The summed E-state index contributed by atoms with van der Waals surface area (Å²) in [6.45, 7) is 5.34. The Morgan fingerprint density at radius 1 is 1.33 bits per heavy atom. The van der Waals surface area contributed by atoms with Gasteiger partial charge in [-0.25, -0.2) is 0 Å². The van der Waals surface area contributed by atoms with Crippen molar-refractivity contribution in [3.05, 3.63) is 6.07 Å². The zero-order chi connectivity index (χ0) is 12.8. The van der Waals surface area contributed by atoms with Crippen LogP contribution >= 0.6 is 0 Å². The van der Waals surface area contributed by atoms with Gasteiger partial charge in [0.05, 0.1) is 25.9 Å². The minimum absolute atomic E-state index is 0.0533. The molecule has 1 aromatic rings. The molecule has 0 radical (unpaired) electrons. The van der Waals surface area contributed by atoms with Gasteiger partial charge in [0.25, 0.3) is 0 Å². The van der Waals surface area contributed by atoms with E-state index in [0.29, 0.717) is 38.0 Å². The van der Waals surface area contributed by atoms with Crippen LogP contribution in [0.1, 0.15) is 6.92 Å². The zero-order valence-corrected chi connectivity index (χ0v) is 10.5. The molecule has 1 saturated heterocycles. The third kappa shape index (κ3) is 3.71. The van der Waals surface area contributed by atoms with Crippen LogP contribution in [0.25, 0.3) is 0 Å². The molecule has 4 N–H and O–H groups in total. The second-order valence-corrected chi connectivity index (χ2v) is 3.98. The van der Waals surface area contributed by atoms with Gasteiger partial charge in [0.15, 0.2) is 0 Å². The Hall–Kier alpha value is -1.60. The number of hydrogen-bond donors (Lipinski definition) is 3. The molecule has 1 atom stereocenters. The molecular weight excluding hydrogens is 234 g/mol. The maximum absolute atomic E-state index is 5.64. The van der Waals surface area contributed by atoms with E-state index in [1.165, 1.54) is 0 Å². The zero-order valence-electron chi connectivity index (χ0n) is 10.5. The molecule has 100 valence electrons. The smallest absolute Gasteiger partial charge is 0.223 e. The maximum Gasteiger partial charge on any atom is 0.223 e. The number of anilines is 3. The van der Waals surface area contributed by atoms with Crippen molar-refractivity contribution in [1.29, 1.82) is 0 Å². The van der Waals surface area contributed by atoms with Crippen LogP contribution < -0.4 is 16.4 Å². The van der Waals surface area contributed by atoms with E-state index in [2.05, 4.69) is 20.6 Å². The monoisotopic (exact) mass is 253 g/mol. The fourth-order valence-electron chi connectivity index (χ4n) is 1.70. The van der Waals surface area contributed by atoms with Crippen LogP contribution in [0.2, 0.25) is 0 Å². The summed E-state index contributed by atoms with van der Waals surface area (Å²) in [7, 11) is 0. The minimum atomic E-state index is 0.0533. The number of nitrogens with two attached hydrogens (primary N) is 1. The van der Waals surface area contributed by atoms with Gasteiger partial charge in [-0.3, -0.25) is 0 Å². The summed E-state index contributed by atoms with van der Waals surface area (Å²) in [6, 6.07) is 1.82. The molecule has 1 fully saturated rings. The lowest BCUT2D eigenvalue weighted by molar-refractivity contribution is -0.0819. The fourth-order valence-corrected chi connectivity index (χ4v) is 1.70. The second-order valence-electron chi connectivity index (χ2n) is 3.98. The predicted molar refractivity (Wildman–Crippen MR) is 69.7 cm³/mol. The highest BCUT2D eigenvalue weighted by Crippen LogP contribution is 2.12. The summed E-state index contributed by atoms with van der Waals surface area (Å²) in [5.41, 5.74) is 5.64. The number of nitrogens with one attached hydrogen (secondary N) is 2. The van der Waals surface area contributed by atoms with Gasteiger partial charge < -0.3 is 25.8 Å². The molecule has 1 aliphatic rings. The van der Waals surface area contributed by atoms with Crippen LogP contribution in [0.5, 0.6) is 0 Å². The van der Waals surface area contributed by atoms with Crippen molar-refractivity contribution in [1.82, 2.24) is 9.97 Å². The van der Waals surface area contributed by atoms with Crippen LogP contribution in [0.4, 0.5) is 17.6 Å². The first-order chi connectivity index (χ1) is 8.78. The summed E-state index contributed by atoms with van der Waals surface area (Å²) in [5.74, 6) is 1.65. The lowest BCUT2D eigenvalue weighted by Gasteiger charge is -2.23. The SMILES string of the molecule is CCNc1cc(NCC2COCCO2)nc(N)n1. The molecule has 0 amide bonds. The summed E-state index contributed by atoms with van der Waals surface area (Å²) in [4.78, 5) is 8.20.